The Morgan fingerprint density at radius 3 is 1.00 bits per heavy atom. The molecule has 0 bridgehead atoms. The lowest BCUT2D eigenvalue weighted by Crippen LogP contribution is -1.92. The molecule has 5 aromatic carbocycles. The van der Waals surface area contributed by atoms with Gasteiger partial charge in [-0.3, -0.25) is 9.97 Å². The van der Waals surface area contributed by atoms with Crippen molar-refractivity contribution in [3.05, 3.63) is 145 Å². The molecular formula is C38H28N2. The van der Waals surface area contributed by atoms with Gasteiger partial charge in [-0.1, -0.05) is 109 Å². The predicted molar refractivity (Wildman–Crippen MR) is 168 cm³/mol. The van der Waals surface area contributed by atoms with Crippen molar-refractivity contribution < 1.29 is 0 Å². The van der Waals surface area contributed by atoms with Crippen molar-refractivity contribution in [2.24, 2.45) is 0 Å². The molecule has 0 saturated carbocycles. The molecule has 0 amide bonds. The minimum Gasteiger partial charge on any atom is -0.261 e. The summed E-state index contributed by atoms with van der Waals surface area (Å²) < 4.78 is 0. The lowest BCUT2D eigenvalue weighted by molar-refractivity contribution is 1.20. The normalized spacial score (nSPS) is 11.2. The summed E-state index contributed by atoms with van der Waals surface area (Å²) in [5.41, 5.74) is 11.8. The summed E-state index contributed by atoms with van der Waals surface area (Å²) >= 11 is 0. The Morgan fingerprint density at radius 2 is 0.675 bits per heavy atom. The van der Waals surface area contributed by atoms with Crippen molar-refractivity contribution in [1.29, 1.82) is 0 Å². The number of aromatic nitrogens is 2. The minimum atomic E-state index is 1.04. The van der Waals surface area contributed by atoms with E-state index in [1.54, 1.807) is 0 Å². The van der Waals surface area contributed by atoms with Crippen molar-refractivity contribution >= 4 is 21.5 Å². The number of nitrogens with zero attached hydrogens (tertiary/aromatic N) is 2. The van der Waals surface area contributed by atoms with Gasteiger partial charge in [-0.05, 0) is 80.9 Å². The average molecular weight is 513 g/mol. The summed E-state index contributed by atoms with van der Waals surface area (Å²) in [5.74, 6) is 0. The van der Waals surface area contributed by atoms with Crippen LogP contribution in [-0.4, -0.2) is 9.97 Å². The maximum absolute atomic E-state index is 4.48. The molecule has 0 unspecified atom stereocenters. The Bertz CT molecular complexity index is 1800. The highest BCUT2D eigenvalue weighted by molar-refractivity contribution is 6.21. The highest BCUT2D eigenvalue weighted by Crippen LogP contribution is 2.44. The molecule has 2 heterocycles. The van der Waals surface area contributed by atoms with Gasteiger partial charge in [0.1, 0.15) is 0 Å². The van der Waals surface area contributed by atoms with Crippen LogP contribution in [0.4, 0.5) is 0 Å². The third-order valence-electron chi connectivity index (χ3n) is 7.91. The van der Waals surface area contributed by atoms with E-state index in [4.69, 9.17) is 0 Å². The van der Waals surface area contributed by atoms with Gasteiger partial charge in [0.05, 0.1) is 0 Å². The smallest absolute Gasteiger partial charge is 0.0450 e. The second-order valence-electron chi connectivity index (χ2n) is 10.3. The number of hydrogen-bond donors (Lipinski definition) is 0. The maximum Gasteiger partial charge on any atom is 0.0450 e. The van der Waals surface area contributed by atoms with Crippen LogP contribution < -0.4 is 0 Å². The van der Waals surface area contributed by atoms with Gasteiger partial charge < -0.3 is 0 Å². The lowest BCUT2D eigenvalue weighted by Gasteiger charge is -2.18. The van der Waals surface area contributed by atoms with Gasteiger partial charge in [-0.15, -0.1) is 0 Å². The molecule has 2 nitrogen and oxygen atoms in total. The Morgan fingerprint density at radius 1 is 0.350 bits per heavy atom. The SMILES string of the molecule is Cc1ncccc1-c1ccc(-c2c3ccccc3c(-c3ccc(-c4cccnc4C)cc3)c3ccccc23)cc1. The number of fused-ring (bicyclic) bond motifs is 2. The van der Waals surface area contributed by atoms with Gasteiger partial charge >= 0.3 is 0 Å². The van der Waals surface area contributed by atoms with Crippen LogP contribution in [0.25, 0.3) is 66.1 Å². The van der Waals surface area contributed by atoms with Gasteiger partial charge in [0, 0.05) is 34.9 Å². The predicted octanol–water partition coefficient (Wildman–Crippen LogP) is 10.1. The standard InChI is InChI=1S/C38H28N2/c1-25-31(13-7-23-39-25)27-15-19-29(20-16-27)37-33-9-3-5-11-35(33)38(36-12-6-4-10-34(36)37)30-21-17-28(18-22-30)32-14-8-24-40-26(32)2/h3-24H,1-2H3. The van der Waals surface area contributed by atoms with E-state index in [-0.39, 0.29) is 0 Å². The summed E-state index contributed by atoms with van der Waals surface area (Å²) in [4.78, 5) is 8.96. The number of aryl methyl sites for hydroxylation is 2. The van der Waals surface area contributed by atoms with Crippen LogP contribution >= 0.6 is 0 Å². The number of hydrogen-bond acceptors (Lipinski definition) is 2. The Hall–Kier alpha value is -5.08. The largest absolute Gasteiger partial charge is 0.261 e. The molecule has 0 radical (unpaired) electrons. The van der Waals surface area contributed by atoms with Crippen LogP contribution in [-0.2, 0) is 0 Å². The first-order chi connectivity index (χ1) is 19.7. The van der Waals surface area contributed by atoms with Crippen LogP contribution in [0.5, 0.6) is 0 Å². The van der Waals surface area contributed by atoms with Crippen LogP contribution in [0.1, 0.15) is 11.4 Å². The van der Waals surface area contributed by atoms with Crippen molar-refractivity contribution in [2.45, 2.75) is 13.8 Å². The van der Waals surface area contributed by atoms with Crippen molar-refractivity contribution in [3.63, 3.8) is 0 Å². The topological polar surface area (TPSA) is 25.8 Å². The number of pyridine rings is 2. The van der Waals surface area contributed by atoms with Crippen LogP contribution in [0, 0.1) is 13.8 Å². The van der Waals surface area contributed by atoms with Crippen molar-refractivity contribution in [1.82, 2.24) is 9.97 Å². The third kappa shape index (κ3) is 4.06. The molecule has 7 rings (SSSR count). The van der Waals surface area contributed by atoms with Gasteiger partial charge in [-0.25, -0.2) is 0 Å². The molecule has 0 aliphatic heterocycles. The highest BCUT2D eigenvalue weighted by Gasteiger charge is 2.17. The first-order valence-corrected chi connectivity index (χ1v) is 13.7. The summed E-state index contributed by atoms with van der Waals surface area (Å²) in [6.07, 6.45) is 3.70. The van der Waals surface area contributed by atoms with E-state index in [9.17, 15) is 0 Å². The van der Waals surface area contributed by atoms with Crippen molar-refractivity contribution in [2.75, 3.05) is 0 Å². The van der Waals surface area contributed by atoms with E-state index in [0.717, 1.165) is 11.4 Å². The molecule has 0 aliphatic carbocycles. The summed E-state index contributed by atoms with van der Waals surface area (Å²) in [6.45, 7) is 4.13. The Balaban J connectivity index is 1.42. The van der Waals surface area contributed by atoms with Gasteiger partial charge in [0.2, 0.25) is 0 Å². The summed E-state index contributed by atoms with van der Waals surface area (Å²) in [6, 6.07) is 43.8. The first kappa shape index (κ1) is 24.0. The molecular weight excluding hydrogens is 484 g/mol. The second kappa shape index (κ2) is 9.91. The first-order valence-electron chi connectivity index (χ1n) is 13.7. The molecule has 7 aromatic rings. The van der Waals surface area contributed by atoms with E-state index in [0.29, 0.717) is 0 Å². The van der Waals surface area contributed by atoms with Gasteiger partial charge in [0.15, 0.2) is 0 Å². The monoisotopic (exact) mass is 512 g/mol. The zero-order chi connectivity index (χ0) is 27.1. The van der Waals surface area contributed by atoms with E-state index < -0.39 is 0 Å². The fraction of sp³-hybridized carbons (Fsp3) is 0.0526. The third-order valence-corrected chi connectivity index (χ3v) is 7.91. The second-order valence-corrected chi connectivity index (χ2v) is 10.3. The highest BCUT2D eigenvalue weighted by atomic mass is 14.7. The zero-order valence-electron chi connectivity index (χ0n) is 22.6. The quantitative estimate of drug-likeness (QED) is 0.219. The van der Waals surface area contributed by atoms with Gasteiger partial charge in [0.25, 0.3) is 0 Å². The maximum atomic E-state index is 4.48. The van der Waals surface area contributed by atoms with E-state index in [1.807, 2.05) is 24.5 Å². The molecule has 0 N–H and O–H groups in total. The van der Waals surface area contributed by atoms with E-state index in [2.05, 4.69) is 133 Å². The number of rotatable bonds is 4. The molecule has 2 heteroatoms. The zero-order valence-corrected chi connectivity index (χ0v) is 22.6. The molecule has 0 aliphatic rings. The van der Waals surface area contributed by atoms with Crippen molar-refractivity contribution in [3.8, 4) is 44.5 Å². The molecule has 0 saturated heterocycles. The minimum absolute atomic E-state index is 1.04. The van der Waals surface area contributed by atoms with E-state index >= 15 is 0 Å². The lowest BCUT2D eigenvalue weighted by atomic mass is 9.85. The molecule has 0 fully saturated rings. The number of benzene rings is 5. The average Bonchev–Trinajstić information content (AvgIpc) is 3.01. The van der Waals surface area contributed by atoms with Crippen LogP contribution in [0.3, 0.4) is 0 Å². The molecule has 40 heavy (non-hydrogen) atoms. The molecule has 0 atom stereocenters. The Labute approximate surface area is 234 Å². The fourth-order valence-electron chi connectivity index (χ4n) is 5.96. The van der Waals surface area contributed by atoms with E-state index in [1.165, 1.54) is 66.1 Å². The summed E-state index contributed by atoms with van der Waals surface area (Å²) in [7, 11) is 0. The van der Waals surface area contributed by atoms with Gasteiger partial charge in [-0.2, -0.15) is 0 Å². The molecule has 0 spiro atoms. The Kier molecular flexibility index (Phi) is 5.94. The molecule has 2 aromatic heterocycles. The molecule has 190 valence electrons. The van der Waals surface area contributed by atoms with Crippen LogP contribution in [0.15, 0.2) is 134 Å². The summed E-state index contributed by atoms with van der Waals surface area (Å²) in [5, 5.41) is 5.03. The van der Waals surface area contributed by atoms with Crippen LogP contribution in [0.2, 0.25) is 0 Å². The fourth-order valence-corrected chi connectivity index (χ4v) is 5.96.